The Bertz CT molecular complexity index is 1260. The minimum Gasteiger partial charge on any atom is -0.462 e. The van der Waals surface area contributed by atoms with Crippen LogP contribution in [0.1, 0.15) is 90.7 Å². The predicted octanol–water partition coefficient (Wildman–Crippen LogP) is 4.32. The Labute approximate surface area is 253 Å². The standard InChI is InChI=1S/C28H38N4O8S2/c1-9-39-27(37)19-15(3)21(25(35)31(5)6)41-23(19)29-17(33)13-11-12-14-18(34)30-24-20(28(38)40-10-2)16(4)22(42-24)26(36)32(7)8/h9-14H2,1-8H3,(H,29,33)(H,30,34). The lowest BCUT2D eigenvalue weighted by molar-refractivity contribution is -0.118. The SMILES string of the molecule is CCOC(=O)c1c(NC(=O)CCCCC(=O)Nc2sc(C(=O)N(C)C)c(C)c2C(=O)OCC)sc(C(=O)N(C)C)c1C. The normalized spacial score (nSPS) is 10.6. The van der Waals surface area contributed by atoms with Crippen molar-refractivity contribution in [1.29, 1.82) is 0 Å². The zero-order valence-corrected chi connectivity index (χ0v) is 26.9. The van der Waals surface area contributed by atoms with Gasteiger partial charge in [0.2, 0.25) is 11.8 Å². The van der Waals surface area contributed by atoms with Crippen molar-refractivity contribution in [1.82, 2.24) is 9.80 Å². The quantitative estimate of drug-likeness (QED) is 0.248. The maximum atomic E-state index is 12.7. The van der Waals surface area contributed by atoms with Crippen LogP contribution in [-0.4, -0.2) is 86.8 Å². The fourth-order valence-corrected chi connectivity index (χ4v) is 6.33. The molecule has 230 valence electrons. The molecule has 2 aromatic rings. The van der Waals surface area contributed by atoms with Crippen molar-refractivity contribution < 1.29 is 38.2 Å². The zero-order valence-electron chi connectivity index (χ0n) is 25.2. The lowest BCUT2D eigenvalue weighted by Gasteiger charge is -2.09. The number of hydrogen-bond acceptors (Lipinski definition) is 10. The van der Waals surface area contributed by atoms with Crippen LogP contribution < -0.4 is 10.6 Å². The number of nitrogens with one attached hydrogen (secondary N) is 2. The van der Waals surface area contributed by atoms with E-state index in [1.54, 1.807) is 55.9 Å². The van der Waals surface area contributed by atoms with E-state index < -0.39 is 11.9 Å². The summed E-state index contributed by atoms with van der Waals surface area (Å²) < 4.78 is 10.3. The fourth-order valence-electron chi connectivity index (χ4n) is 3.86. The molecule has 0 aliphatic carbocycles. The van der Waals surface area contributed by atoms with Gasteiger partial charge >= 0.3 is 11.9 Å². The Kier molecular flexibility index (Phi) is 12.7. The highest BCUT2D eigenvalue weighted by molar-refractivity contribution is 7.19. The summed E-state index contributed by atoms with van der Waals surface area (Å²) in [5, 5.41) is 5.91. The molecule has 12 nitrogen and oxygen atoms in total. The molecule has 0 bridgehead atoms. The predicted molar refractivity (Wildman–Crippen MR) is 162 cm³/mol. The van der Waals surface area contributed by atoms with E-state index in [-0.39, 0.29) is 70.8 Å². The maximum absolute atomic E-state index is 12.7. The van der Waals surface area contributed by atoms with E-state index in [2.05, 4.69) is 10.6 Å². The van der Waals surface area contributed by atoms with Crippen LogP contribution in [0.4, 0.5) is 10.0 Å². The summed E-state index contributed by atoms with van der Waals surface area (Å²) in [6.07, 6.45) is 0.856. The van der Waals surface area contributed by atoms with E-state index in [1.165, 1.54) is 9.80 Å². The van der Waals surface area contributed by atoms with Crippen molar-refractivity contribution in [2.24, 2.45) is 0 Å². The van der Waals surface area contributed by atoms with Gasteiger partial charge in [0.25, 0.3) is 11.8 Å². The highest BCUT2D eigenvalue weighted by Crippen LogP contribution is 2.36. The van der Waals surface area contributed by atoms with Crippen LogP contribution in [0.25, 0.3) is 0 Å². The van der Waals surface area contributed by atoms with E-state index in [1.807, 2.05) is 0 Å². The van der Waals surface area contributed by atoms with Crippen LogP contribution in [0.15, 0.2) is 0 Å². The molecule has 0 radical (unpaired) electrons. The number of amides is 4. The third kappa shape index (κ3) is 8.38. The topological polar surface area (TPSA) is 151 Å². The number of unbranched alkanes of at least 4 members (excludes halogenated alkanes) is 1. The molecular formula is C28H38N4O8S2. The molecule has 2 aromatic heterocycles. The summed E-state index contributed by atoms with van der Waals surface area (Å²) >= 11 is 2.03. The molecule has 2 rings (SSSR count). The van der Waals surface area contributed by atoms with Crippen LogP contribution in [-0.2, 0) is 19.1 Å². The van der Waals surface area contributed by atoms with Gasteiger partial charge in [-0.05, 0) is 51.7 Å². The number of ether oxygens (including phenoxy) is 2. The lowest BCUT2D eigenvalue weighted by atomic mass is 10.1. The number of rotatable bonds is 13. The van der Waals surface area contributed by atoms with Gasteiger partial charge in [0.15, 0.2) is 0 Å². The number of anilines is 2. The zero-order chi connectivity index (χ0) is 31.7. The summed E-state index contributed by atoms with van der Waals surface area (Å²) in [5.74, 6) is -2.60. The van der Waals surface area contributed by atoms with E-state index >= 15 is 0 Å². The Morgan fingerprint density at radius 1 is 0.643 bits per heavy atom. The fraction of sp³-hybridized carbons (Fsp3) is 0.500. The molecule has 0 saturated carbocycles. The highest BCUT2D eigenvalue weighted by Gasteiger charge is 2.28. The Morgan fingerprint density at radius 3 is 1.26 bits per heavy atom. The van der Waals surface area contributed by atoms with Crippen molar-refractivity contribution in [3.8, 4) is 0 Å². The third-order valence-corrected chi connectivity index (χ3v) is 8.41. The van der Waals surface area contributed by atoms with Gasteiger partial charge in [0, 0.05) is 41.0 Å². The molecule has 0 saturated heterocycles. The molecule has 0 fully saturated rings. The minimum atomic E-state index is -0.627. The van der Waals surface area contributed by atoms with E-state index in [4.69, 9.17) is 9.47 Å². The van der Waals surface area contributed by atoms with Crippen LogP contribution in [0, 0.1) is 13.8 Å². The molecule has 14 heteroatoms. The first-order chi connectivity index (χ1) is 19.7. The van der Waals surface area contributed by atoms with Crippen LogP contribution in [0.2, 0.25) is 0 Å². The van der Waals surface area contributed by atoms with Gasteiger partial charge < -0.3 is 29.9 Å². The summed E-state index contributed by atoms with van der Waals surface area (Å²) in [4.78, 5) is 79.1. The number of carbonyl (C=O) groups excluding carboxylic acids is 6. The number of nitrogens with zero attached hydrogens (tertiary/aromatic N) is 2. The highest BCUT2D eigenvalue weighted by atomic mass is 32.1. The Hall–Kier alpha value is -3.78. The Morgan fingerprint density at radius 2 is 0.976 bits per heavy atom. The maximum Gasteiger partial charge on any atom is 0.341 e. The number of esters is 2. The van der Waals surface area contributed by atoms with Crippen molar-refractivity contribution in [2.45, 2.75) is 53.4 Å². The summed E-state index contributed by atoms with van der Waals surface area (Å²) in [6, 6.07) is 0. The molecule has 2 N–H and O–H groups in total. The van der Waals surface area contributed by atoms with Gasteiger partial charge in [-0.3, -0.25) is 19.2 Å². The van der Waals surface area contributed by atoms with Gasteiger partial charge in [-0.2, -0.15) is 0 Å². The third-order valence-electron chi connectivity index (χ3n) is 6.02. The van der Waals surface area contributed by atoms with E-state index in [9.17, 15) is 28.8 Å². The summed E-state index contributed by atoms with van der Waals surface area (Å²) in [7, 11) is 6.39. The summed E-state index contributed by atoms with van der Waals surface area (Å²) in [6.45, 7) is 6.88. The second-order valence-electron chi connectivity index (χ2n) is 9.66. The van der Waals surface area contributed by atoms with Gasteiger partial charge in [0.1, 0.15) is 10.0 Å². The largest absolute Gasteiger partial charge is 0.462 e. The molecule has 0 spiro atoms. The average molecular weight is 623 g/mol. The van der Waals surface area contributed by atoms with Crippen molar-refractivity contribution >= 4 is 68.2 Å². The minimum absolute atomic E-state index is 0.0666. The van der Waals surface area contributed by atoms with Gasteiger partial charge in [-0.25, -0.2) is 9.59 Å². The first-order valence-corrected chi connectivity index (χ1v) is 15.0. The summed E-state index contributed by atoms with van der Waals surface area (Å²) in [5.41, 5.74) is 1.17. The number of hydrogen-bond donors (Lipinski definition) is 2. The lowest BCUT2D eigenvalue weighted by Crippen LogP contribution is -2.21. The van der Waals surface area contributed by atoms with Gasteiger partial charge in [-0.1, -0.05) is 0 Å². The molecular weight excluding hydrogens is 584 g/mol. The van der Waals surface area contributed by atoms with Crippen molar-refractivity contribution in [2.75, 3.05) is 52.0 Å². The van der Waals surface area contributed by atoms with E-state index in [0.29, 0.717) is 33.7 Å². The van der Waals surface area contributed by atoms with Crippen LogP contribution in [0.5, 0.6) is 0 Å². The molecule has 0 aromatic carbocycles. The van der Waals surface area contributed by atoms with E-state index in [0.717, 1.165) is 22.7 Å². The second kappa shape index (κ2) is 15.4. The molecule has 0 aliphatic heterocycles. The molecule has 0 aliphatic rings. The first-order valence-electron chi connectivity index (χ1n) is 13.4. The molecule has 0 atom stereocenters. The van der Waals surface area contributed by atoms with Crippen LogP contribution >= 0.6 is 22.7 Å². The van der Waals surface area contributed by atoms with Gasteiger partial charge in [-0.15, -0.1) is 22.7 Å². The second-order valence-corrected chi connectivity index (χ2v) is 11.7. The monoisotopic (exact) mass is 622 g/mol. The van der Waals surface area contributed by atoms with Gasteiger partial charge in [0.05, 0.1) is 34.1 Å². The first kappa shape index (κ1) is 34.4. The molecule has 2 heterocycles. The Balaban J connectivity index is 2.05. The molecule has 4 amide bonds. The van der Waals surface area contributed by atoms with Crippen molar-refractivity contribution in [3.05, 3.63) is 32.0 Å². The molecule has 42 heavy (non-hydrogen) atoms. The number of carbonyl (C=O) groups is 6. The molecule has 0 unspecified atom stereocenters. The average Bonchev–Trinajstić information content (AvgIpc) is 3.41. The number of thiophene rings is 2. The smallest absolute Gasteiger partial charge is 0.341 e. The van der Waals surface area contributed by atoms with Crippen LogP contribution in [0.3, 0.4) is 0 Å². The van der Waals surface area contributed by atoms with Crippen molar-refractivity contribution in [3.63, 3.8) is 0 Å².